The average Bonchev–Trinajstić information content (AvgIpc) is 3.13. The summed E-state index contributed by atoms with van der Waals surface area (Å²) in [5.74, 6) is 1.33. The van der Waals surface area contributed by atoms with Crippen LogP contribution in [0.3, 0.4) is 0 Å². The summed E-state index contributed by atoms with van der Waals surface area (Å²) >= 11 is 0. The minimum atomic E-state index is -1.52. The number of rotatable bonds is 7. The van der Waals surface area contributed by atoms with E-state index < -0.39 is 13.0 Å². The Morgan fingerprint density at radius 3 is 2.64 bits per heavy atom. The van der Waals surface area contributed by atoms with Crippen LogP contribution in [0.25, 0.3) is 17.0 Å². The first kappa shape index (κ1) is 22.3. The lowest BCUT2D eigenvalue weighted by Crippen LogP contribution is -2.30. The Morgan fingerprint density at radius 1 is 1.15 bits per heavy atom. The second-order valence-corrected chi connectivity index (χ2v) is 8.02. The summed E-state index contributed by atoms with van der Waals surface area (Å²) in [6.07, 6.45) is 1.86. The lowest BCUT2D eigenvalue weighted by molar-refractivity contribution is 0.100. The first-order chi connectivity index (χ1) is 15.7. The number of nitrogens with zero attached hydrogens (tertiary/aromatic N) is 4. The summed E-state index contributed by atoms with van der Waals surface area (Å²) in [7, 11) is 2.28. The molecular weight excluding hydrogens is 419 g/mol. The highest BCUT2D eigenvalue weighted by molar-refractivity contribution is 6.58. The first-order valence-electron chi connectivity index (χ1n) is 10.4. The molecule has 5 N–H and O–H groups in total. The van der Waals surface area contributed by atoms with Crippen LogP contribution in [0.1, 0.15) is 21.5 Å². The molecule has 0 aliphatic heterocycles. The summed E-state index contributed by atoms with van der Waals surface area (Å²) in [5.41, 5.74) is 9.67. The van der Waals surface area contributed by atoms with Crippen LogP contribution >= 0.6 is 0 Å². The molecule has 168 valence electrons. The number of pyridine rings is 1. The Hall–Kier alpha value is -3.89. The van der Waals surface area contributed by atoms with Crippen molar-refractivity contribution >= 4 is 35.6 Å². The van der Waals surface area contributed by atoms with Crippen molar-refractivity contribution in [3.8, 4) is 11.5 Å². The molecule has 4 aromatic rings. The number of primary amides is 1. The molecule has 0 fully saturated rings. The quantitative estimate of drug-likeness (QED) is 0.315. The average molecular weight is 444 g/mol. The fraction of sp³-hybridized carbons (Fsp3) is 0.174. The molecule has 0 unspecified atom stereocenters. The highest BCUT2D eigenvalue weighted by atomic mass is 16.4. The molecule has 1 amide bonds. The van der Waals surface area contributed by atoms with Crippen molar-refractivity contribution in [1.82, 2.24) is 14.4 Å². The number of anilines is 2. The van der Waals surface area contributed by atoms with Crippen molar-refractivity contribution in [2.45, 2.75) is 13.5 Å². The van der Waals surface area contributed by atoms with E-state index in [0.717, 1.165) is 16.8 Å². The topological polar surface area (TPSA) is 129 Å². The van der Waals surface area contributed by atoms with Gasteiger partial charge in [0, 0.05) is 32.9 Å². The molecule has 0 aliphatic rings. The maximum absolute atomic E-state index is 11.9. The molecule has 1 aromatic carbocycles. The molecule has 3 aromatic heterocycles. The Balaban J connectivity index is 1.75. The van der Waals surface area contributed by atoms with Crippen LogP contribution in [0.5, 0.6) is 0 Å². The van der Waals surface area contributed by atoms with Gasteiger partial charge in [-0.15, -0.1) is 0 Å². The van der Waals surface area contributed by atoms with Gasteiger partial charge >= 0.3 is 7.12 Å². The Morgan fingerprint density at radius 2 is 1.94 bits per heavy atom. The number of hydrogen-bond donors (Lipinski definition) is 4. The van der Waals surface area contributed by atoms with Crippen LogP contribution in [0.2, 0.25) is 0 Å². The molecule has 0 bridgehead atoms. The molecule has 0 aliphatic carbocycles. The van der Waals surface area contributed by atoms with Gasteiger partial charge in [0.05, 0.1) is 16.8 Å². The Bertz CT molecular complexity index is 1340. The normalized spacial score (nSPS) is 10.9. The third-order valence-corrected chi connectivity index (χ3v) is 5.37. The molecule has 0 saturated heterocycles. The van der Waals surface area contributed by atoms with E-state index in [-0.39, 0.29) is 0 Å². The van der Waals surface area contributed by atoms with Crippen molar-refractivity contribution < 1.29 is 14.8 Å². The highest BCUT2D eigenvalue weighted by Crippen LogP contribution is 2.29. The van der Waals surface area contributed by atoms with Crippen LogP contribution in [0.4, 0.5) is 11.6 Å². The van der Waals surface area contributed by atoms with E-state index in [1.165, 1.54) is 0 Å². The van der Waals surface area contributed by atoms with E-state index in [0.29, 0.717) is 40.5 Å². The van der Waals surface area contributed by atoms with Gasteiger partial charge in [0.25, 0.3) is 5.91 Å². The van der Waals surface area contributed by atoms with Gasteiger partial charge < -0.3 is 30.4 Å². The van der Waals surface area contributed by atoms with Crippen LogP contribution in [-0.2, 0) is 6.54 Å². The maximum atomic E-state index is 11.9. The molecule has 3 heterocycles. The molecule has 0 saturated carbocycles. The fourth-order valence-corrected chi connectivity index (χ4v) is 3.74. The number of amides is 1. The molecular formula is C23H25BN6O3. The monoisotopic (exact) mass is 444 g/mol. The second kappa shape index (κ2) is 8.93. The molecule has 0 spiro atoms. The van der Waals surface area contributed by atoms with Gasteiger partial charge in [0.1, 0.15) is 11.6 Å². The number of benzene rings is 1. The zero-order valence-electron chi connectivity index (χ0n) is 18.6. The van der Waals surface area contributed by atoms with Gasteiger partial charge in [0.15, 0.2) is 5.82 Å². The number of aryl methyl sites for hydroxylation is 1. The summed E-state index contributed by atoms with van der Waals surface area (Å²) < 4.78 is 1.88. The molecule has 0 atom stereocenters. The van der Waals surface area contributed by atoms with Crippen LogP contribution < -0.4 is 21.4 Å². The van der Waals surface area contributed by atoms with E-state index in [1.54, 1.807) is 30.3 Å². The predicted octanol–water partition coefficient (Wildman–Crippen LogP) is 1.16. The number of nitrogens with two attached hydrogens (primary N) is 1. The van der Waals surface area contributed by atoms with Gasteiger partial charge in [-0.1, -0.05) is 24.3 Å². The number of hydrogen-bond acceptors (Lipinski definition) is 7. The van der Waals surface area contributed by atoms with Gasteiger partial charge in [0.2, 0.25) is 0 Å². The first-order valence-corrected chi connectivity index (χ1v) is 10.4. The van der Waals surface area contributed by atoms with Gasteiger partial charge in [-0.25, -0.2) is 9.97 Å². The molecule has 9 nitrogen and oxygen atoms in total. The molecule has 0 radical (unpaired) electrons. The number of carbonyl (C=O) groups excluding carboxylic acids is 1. The highest BCUT2D eigenvalue weighted by Gasteiger charge is 2.18. The maximum Gasteiger partial charge on any atom is 0.488 e. The zero-order valence-corrected chi connectivity index (χ0v) is 18.6. The van der Waals surface area contributed by atoms with Crippen molar-refractivity contribution in [1.29, 1.82) is 0 Å². The number of carbonyl (C=O) groups is 1. The van der Waals surface area contributed by atoms with Gasteiger partial charge in [-0.2, -0.15) is 0 Å². The lowest BCUT2D eigenvalue weighted by atomic mass is 9.80. The van der Waals surface area contributed by atoms with Crippen LogP contribution in [0, 0.1) is 6.92 Å². The minimum Gasteiger partial charge on any atom is -0.423 e. The zero-order chi connectivity index (χ0) is 23.7. The SMILES string of the molecule is Cc1cc2c(C(N)=O)cccn2c1-c1nc(NCc2cccc(B(O)O)c2)cc(N(C)C)n1. The second-order valence-electron chi connectivity index (χ2n) is 8.02. The van der Waals surface area contributed by atoms with Crippen LogP contribution in [-0.4, -0.2) is 51.5 Å². The summed E-state index contributed by atoms with van der Waals surface area (Å²) in [6, 6.07) is 14.3. The standard InChI is InChI=1S/C23H25BN6O3/c1-14-10-18-17(22(25)31)8-5-9-30(18)21(14)23-27-19(12-20(28-23)29(2)3)26-13-15-6-4-7-16(11-15)24(32)33/h4-12,32-33H,13H2,1-3H3,(H2,25,31)(H,26,27,28). The number of nitrogens with one attached hydrogen (secondary N) is 1. The van der Waals surface area contributed by atoms with E-state index in [1.807, 2.05) is 54.7 Å². The largest absolute Gasteiger partial charge is 0.488 e. The van der Waals surface area contributed by atoms with E-state index in [9.17, 15) is 14.8 Å². The summed E-state index contributed by atoms with van der Waals surface area (Å²) in [6.45, 7) is 2.38. The predicted molar refractivity (Wildman–Crippen MR) is 130 cm³/mol. The summed E-state index contributed by atoms with van der Waals surface area (Å²) in [5, 5.41) is 22.1. The van der Waals surface area contributed by atoms with E-state index in [4.69, 9.17) is 15.7 Å². The van der Waals surface area contributed by atoms with Gasteiger partial charge in [-0.05, 0) is 41.7 Å². The van der Waals surface area contributed by atoms with Crippen molar-refractivity contribution in [2.24, 2.45) is 5.73 Å². The molecule has 10 heteroatoms. The van der Waals surface area contributed by atoms with E-state index >= 15 is 0 Å². The number of fused-ring (bicyclic) bond motifs is 1. The smallest absolute Gasteiger partial charge is 0.423 e. The lowest BCUT2D eigenvalue weighted by Gasteiger charge is -2.16. The third kappa shape index (κ3) is 4.52. The number of aromatic nitrogens is 3. The Labute approximate surface area is 191 Å². The third-order valence-electron chi connectivity index (χ3n) is 5.37. The fourth-order valence-electron chi connectivity index (χ4n) is 3.74. The van der Waals surface area contributed by atoms with E-state index in [2.05, 4.69) is 5.32 Å². The summed E-state index contributed by atoms with van der Waals surface area (Å²) in [4.78, 5) is 23.2. The van der Waals surface area contributed by atoms with Gasteiger partial charge in [-0.3, -0.25) is 4.79 Å². The van der Waals surface area contributed by atoms with Crippen molar-refractivity contribution in [3.05, 3.63) is 71.4 Å². The van der Waals surface area contributed by atoms with Crippen molar-refractivity contribution in [2.75, 3.05) is 24.3 Å². The minimum absolute atomic E-state index is 0.423. The van der Waals surface area contributed by atoms with Crippen molar-refractivity contribution in [3.63, 3.8) is 0 Å². The molecule has 4 rings (SSSR count). The Kier molecular flexibility index (Phi) is 6.04. The van der Waals surface area contributed by atoms with Crippen LogP contribution in [0.15, 0.2) is 54.7 Å². The molecule has 33 heavy (non-hydrogen) atoms.